The number of para-hydroxylation sites is 1. The maximum absolute atomic E-state index is 11.0. The Labute approximate surface area is 127 Å². The number of fused-ring (bicyclic) bond motifs is 1. The largest absolute Gasteiger partial charge is 0.358 e. The molecule has 22 heavy (non-hydrogen) atoms. The second-order valence-electron chi connectivity index (χ2n) is 5.15. The molecular formula is C17H15N3O2. The molecule has 0 saturated carbocycles. The molecule has 1 heterocycles. The molecule has 5 nitrogen and oxygen atoms in total. The van der Waals surface area contributed by atoms with Gasteiger partial charge in [-0.3, -0.25) is 15.1 Å². The lowest BCUT2D eigenvalue weighted by Gasteiger charge is -2.01. The van der Waals surface area contributed by atoms with Crippen LogP contribution in [0, 0.1) is 24.0 Å². The van der Waals surface area contributed by atoms with E-state index < -0.39 is 0 Å². The number of nitro groups is 1. The third kappa shape index (κ3) is 2.37. The summed E-state index contributed by atoms with van der Waals surface area (Å²) in [6.45, 7) is 3.70. The third-order valence-corrected chi connectivity index (χ3v) is 3.75. The molecular weight excluding hydrogens is 278 g/mol. The van der Waals surface area contributed by atoms with Crippen molar-refractivity contribution in [1.29, 1.82) is 0 Å². The van der Waals surface area contributed by atoms with Crippen LogP contribution in [0.3, 0.4) is 0 Å². The zero-order chi connectivity index (χ0) is 15.7. The number of aliphatic imine (C=N–C) groups is 1. The van der Waals surface area contributed by atoms with Gasteiger partial charge in [0.25, 0.3) is 5.69 Å². The lowest BCUT2D eigenvalue weighted by Crippen LogP contribution is -1.91. The summed E-state index contributed by atoms with van der Waals surface area (Å²) in [5.74, 6) is 0. The Hall–Kier alpha value is -2.95. The molecule has 0 spiro atoms. The number of aromatic nitrogens is 1. The third-order valence-electron chi connectivity index (χ3n) is 3.75. The molecule has 0 atom stereocenters. The monoisotopic (exact) mass is 293 g/mol. The highest BCUT2D eigenvalue weighted by Crippen LogP contribution is 2.28. The number of aryl methyl sites for hydroxylation is 1. The number of hydrogen-bond donors (Lipinski definition) is 1. The van der Waals surface area contributed by atoms with Gasteiger partial charge in [-0.15, -0.1) is 0 Å². The van der Waals surface area contributed by atoms with Crippen LogP contribution in [-0.2, 0) is 0 Å². The number of nitrogens with one attached hydrogen (secondary N) is 1. The molecule has 3 rings (SSSR count). The standard InChI is InChI=1S/C17H15N3O2/c1-11-15(8-5-9-17(11)20(21)22)18-10-14-12(2)19-16-7-4-3-6-13(14)16/h3-10,19H,1-2H3. The predicted molar refractivity (Wildman–Crippen MR) is 88.1 cm³/mol. The van der Waals surface area contributed by atoms with E-state index in [0.29, 0.717) is 11.3 Å². The lowest BCUT2D eigenvalue weighted by atomic mass is 10.1. The van der Waals surface area contributed by atoms with Crippen LogP contribution in [0.15, 0.2) is 47.5 Å². The van der Waals surface area contributed by atoms with E-state index in [-0.39, 0.29) is 10.6 Å². The molecule has 1 N–H and O–H groups in total. The first-order valence-corrected chi connectivity index (χ1v) is 6.93. The smallest absolute Gasteiger partial charge is 0.274 e. The summed E-state index contributed by atoms with van der Waals surface area (Å²) in [5.41, 5.74) is 4.34. The normalized spacial score (nSPS) is 11.4. The van der Waals surface area contributed by atoms with E-state index in [1.165, 1.54) is 6.07 Å². The van der Waals surface area contributed by atoms with Crippen molar-refractivity contribution in [3.8, 4) is 0 Å². The summed E-state index contributed by atoms with van der Waals surface area (Å²) in [6.07, 6.45) is 1.76. The molecule has 0 aliphatic heterocycles. The van der Waals surface area contributed by atoms with Crippen LogP contribution < -0.4 is 0 Å². The van der Waals surface area contributed by atoms with Crippen molar-refractivity contribution in [3.05, 3.63) is 69.4 Å². The maximum atomic E-state index is 11.0. The van der Waals surface area contributed by atoms with Gasteiger partial charge in [-0.1, -0.05) is 24.3 Å². The van der Waals surface area contributed by atoms with Crippen molar-refractivity contribution in [2.75, 3.05) is 0 Å². The van der Waals surface area contributed by atoms with Crippen LogP contribution in [0.2, 0.25) is 0 Å². The minimum Gasteiger partial charge on any atom is -0.358 e. The zero-order valence-corrected chi connectivity index (χ0v) is 12.3. The molecule has 0 radical (unpaired) electrons. The van der Waals surface area contributed by atoms with Crippen LogP contribution in [0.4, 0.5) is 11.4 Å². The molecule has 0 aliphatic carbocycles. The summed E-state index contributed by atoms with van der Waals surface area (Å²) >= 11 is 0. The second kappa shape index (κ2) is 5.44. The van der Waals surface area contributed by atoms with Gasteiger partial charge in [0.1, 0.15) is 0 Å². The fourth-order valence-corrected chi connectivity index (χ4v) is 2.55. The van der Waals surface area contributed by atoms with E-state index in [9.17, 15) is 10.1 Å². The van der Waals surface area contributed by atoms with Crippen molar-refractivity contribution in [2.45, 2.75) is 13.8 Å². The first kappa shape index (κ1) is 14.0. The summed E-state index contributed by atoms with van der Waals surface area (Å²) in [7, 11) is 0. The number of nitro benzene ring substituents is 1. The molecule has 3 aromatic rings. The molecule has 0 bridgehead atoms. The highest BCUT2D eigenvalue weighted by molar-refractivity contribution is 6.01. The zero-order valence-electron chi connectivity index (χ0n) is 12.3. The predicted octanol–water partition coefficient (Wildman–Crippen LogP) is 4.44. The molecule has 0 aliphatic rings. The Morgan fingerprint density at radius 1 is 1.14 bits per heavy atom. The molecule has 0 unspecified atom stereocenters. The van der Waals surface area contributed by atoms with Gasteiger partial charge in [-0.25, -0.2) is 0 Å². The van der Waals surface area contributed by atoms with E-state index >= 15 is 0 Å². The highest BCUT2D eigenvalue weighted by atomic mass is 16.6. The summed E-state index contributed by atoms with van der Waals surface area (Å²) in [6, 6.07) is 12.9. The van der Waals surface area contributed by atoms with Crippen LogP contribution >= 0.6 is 0 Å². The SMILES string of the molecule is Cc1[nH]c2ccccc2c1C=Nc1cccc([N+](=O)[O-])c1C. The molecule has 0 amide bonds. The van der Waals surface area contributed by atoms with Crippen LogP contribution in [0.1, 0.15) is 16.8 Å². The Morgan fingerprint density at radius 2 is 1.91 bits per heavy atom. The van der Waals surface area contributed by atoms with Gasteiger partial charge in [0.2, 0.25) is 0 Å². The quantitative estimate of drug-likeness (QED) is 0.440. The van der Waals surface area contributed by atoms with Crippen LogP contribution in [0.5, 0.6) is 0 Å². The molecule has 1 aromatic heterocycles. The number of rotatable bonds is 3. The Kier molecular flexibility index (Phi) is 3.47. The van der Waals surface area contributed by atoms with E-state index in [1.807, 2.05) is 31.2 Å². The van der Waals surface area contributed by atoms with E-state index in [1.54, 1.807) is 25.3 Å². The van der Waals surface area contributed by atoms with E-state index in [4.69, 9.17) is 0 Å². The molecule has 2 aromatic carbocycles. The number of hydrogen-bond acceptors (Lipinski definition) is 3. The number of nitrogens with zero attached hydrogens (tertiary/aromatic N) is 2. The van der Waals surface area contributed by atoms with Crippen molar-refractivity contribution >= 4 is 28.5 Å². The van der Waals surface area contributed by atoms with Gasteiger partial charge in [0.05, 0.1) is 16.2 Å². The van der Waals surface area contributed by atoms with Crippen molar-refractivity contribution in [3.63, 3.8) is 0 Å². The molecule has 0 saturated heterocycles. The highest BCUT2D eigenvalue weighted by Gasteiger charge is 2.12. The number of benzene rings is 2. The van der Waals surface area contributed by atoms with Gasteiger partial charge in [0, 0.05) is 34.4 Å². The minimum atomic E-state index is -0.384. The van der Waals surface area contributed by atoms with Gasteiger partial charge in [-0.2, -0.15) is 0 Å². The molecule has 110 valence electrons. The Balaban J connectivity index is 2.06. The van der Waals surface area contributed by atoms with E-state index in [2.05, 4.69) is 9.98 Å². The van der Waals surface area contributed by atoms with Gasteiger partial charge in [0.15, 0.2) is 0 Å². The average Bonchev–Trinajstić information content (AvgIpc) is 2.81. The number of aromatic amines is 1. The summed E-state index contributed by atoms with van der Waals surface area (Å²) < 4.78 is 0. The maximum Gasteiger partial charge on any atom is 0.274 e. The van der Waals surface area contributed by atoms with Gasteiger partial charge in [-0.05, 0) is 26.0 Å². The Bertz CT molecular complexity index is 894. The lowest BCUT2D eigenvalue weighted by molar-refractivity contribution is -0.385. The molecule has 5 heteroatoms. The average molecular weight is 293 g/mol. The second-order valence-corrected chi connectivity index (χ2v) is 5.15. The Morgan fingerprint density at radius 3 is 2.68 bits per heavy atom. The first-order chi connectivity index (χ1) is 10.6. The fraction of sp³-hybridized carbons (Fsp3) is 0.118. The van der Waals surface area contributed by atoms with Gasteiger partial charge >= 0.3 is 0 Å². The van der Waals surface area contributed by atoms with Crippen LogP contribution in [0.25, 0.3) is 10.9 Å². The fourth-order valence-electron chi connectivity index (χ4n) is 2.55. The van der Waals surface area contributed by atoms with Crippen molar-refractivity contribution < 1.29 is 4.92 Å². The minimum absolute atomic E-state index is 0.0882. The van der Waals surface area contributed by atoms with Crippen molar-refractivity contribution in [2.24, 2.45) is 4.99 Å². The summed E-state index contributed by atoms with van der Waals surface area (Å²) in [5, 5.41) is 12.1. The summed E-state index contributed by atoms with van der Waals surface area (Å²) in [4.78, 5) is 18.4. The molecule has 0 fully saturated rings. The first-order valence-electron chi connectivity index (χ1n) is 6.93. The van der Waals surface area contributed by atoms with Crippen molar-refractivity contribution in [1.82, 2.24) is 4.98 Å². The van der Waals surface area contributed by atoms with E-state index in [0.717, 1.165) is 22.2 Å². The van der Waals surface area contributed by atoms with Gasteiger partial charge < -0.3 is 4.98 Å². The topological polar surface area (TPSA) is 71.3 Å². The number of H-pyrrole nitrogens is 1. The van der Waals surface area contributed by atoms with Crippen LogP contribution in [-0.4, -0.2) is 16.1 Å².